The number of benzene rings is 2. The van der Waals surface area contributed by atoms with Crippen LogP contribution in [0.1, 0.15) is 18.1 Å². The smallest absolute Gasteiger partial charge is 0.268 e. The predicted molar refractivity (Wildman–Crippen MR) is 105 cm³/mol. The first-order valence-electron chi connectivity index (χ1n) is 7.69. The highest BCUT2D eigenvalue weighted by Gasteiger charge is 2.40. The number of rotatable bonds is 4. The molecule has 0 radical (unpaired) electrons. The molecule has 26 heavy (non-hydrogen) atoms. The SMILES string of the molecule is CCSC1=C(c2ccc(Cl)cc2Cl)C(=O)N(c2ccc(C#N)cc2)C1=O. The number of imide groups is 1. The van der Waals surface area contributed by atoms with Gasteiger partial charge in [0.05, 0.1) is 32.8 Å². The van der Waals surface area contributed by atoms with Crippen LogP contribution in [0.3, 0.4) is 0 Å². The largest absolute Gasteiger partial charge is 0.272 e. The van der Waals surface area contributed by atoms with Crippen LogP contribution in [0.25, 0.3) is 5.57 Å². The van der Waals surface area contributed by atoms with Gasteiger partial charge in [0.15, 0.2) is 0 Å². The highest BCUT2D eigenvalue weighted by atomic mass is 35.5. The fourth-order valence-electron chi connectivity index (χ4n) is 2.64. The van der Waals surface area contributed by atoms with E-state index in [-0.39, 0.29) is 5.57 Å². The maximum Gasteiger partial charge on any atom is 0.272 e. The third kappa shape index (κ3) is 3.24. The van der Waals surface area contributed by atoms with Gasteiger partial charge in [0, 0.05) is 10.6 Å². The van der Waals surface area contributed by atoms with Crippen LogP contribution in [0.15, 0.2) is 47.4 Å². The van der Waals surface area contributed by atoms with Gasteiger partial charge in [0.1, 0.15) is 0 Å². The second-order valence-electron chi connectivity index (χ2n) is 5.37. The van der Waals surface area contributed by atoms with Crippen molar-refractivity contribution in [3.63, 3.8) is 0 Å². The standard InChI is InChI=1S/C19H12Cl2N2O2S/c1-2-26-17-16(14-8-5-12(20)9-15(14)21)18(24)23(19(17)25)13-6-3-11(10-22)4-7-13/h3-9H,2H2,1H3. The second-order valence-corrected chi connectivity index (χ2v) is 7.48. The highest BCUT2D eigenvalue weighted by Crippen LogP contribution is 2.40. The zero-order valence-corrected chi connectivity index (χ0v) is 16.0. The van der Waals surface area contributed by atoms with Crippen molar-refractivity contribution in [1.82, 2.24) is 0 Å². The van der Waals surface area contributed by atoms with E-state index in [0.29, 0.717) is 37.5 Å². The molecule has 1 aliphatic heterocycles. The summed E-state index contributed by atoms with van der Waals surface area (Å²) >= 11 is 13.5. The molecule has 2 aromatic carbocycles. The Morgan fingerprint density at radius 3 is 2.35 bits per heavy atom. The third-order valence-corrected chi connectivity index (χ3v) is 5.29. The summed E-state index contributed by atoms with van der Waals surface area (Å²) in [5, 5.41) is 9.68. The van der Waals surface area contributed by atoms with Gasteiger partial charge in [-0.3, -0.25) is 9.59 Å². The number of hydrogen-bond donors (Lipinski definition) is 0. The number of hydrogen-bond acceptors (Lipinski definition) is 4. The molecule has 0 unspecified atom stereocenters. The summed E-state index contributed by atoms with van der Waals surface area (Å²) in [6.07, 6.45) is 0. The molecule has 0 saturated carbocycles. The maximum absolute atomic E-state index is 13.1. The molecule has 1 heterocycles. The van der Waals surface area contributed by atoms with Crippen LogP contribution >= 0.6 is 35.0 Å². The summed E-state index contributed by atoms with van der Waals surface area (Å²) in [7, 11) is 0. The molecule has 0 N–H and O–H groups in total. The van der Waals surface area contributed by atoms with Crippen LogP contribution in [-0.4, -0.2) is 17.6 Å². The maximum atomic E-state index is 13.1. The lowest BCUT2D eigenvalue weighted by molar-refractivity contribution is -0.119. The van der Waals surface area contributed by atoms with Crippen LogP contribution in [0, 0.1) is 11.3 Å². The van der Waals surface area contributed by atoms with Crippen LogP contribution < -0.4 is 4.90 Å². The molecular formula is C19H12Cl2N2O2S. The Hall–Kier alpha value is -2.26. The Labute approximate surface area is 165 Å². The zero-order valence-electron chi connectivity index (χ0n) is 13.6. The first-order chi connectivity index (χ1) is 12.5. The van der Waals surface area contributed by atoms with Gasteiger partial charge in [-0.05, 0) is 42.2 Å². The lowest BCUT2D eigenvalue weighted by Gasteiger charge is -2.15. The first-order valence-corrected chi connectivity index (χ1v) is 9.43. The van der Waals surface area contributed by atoms with Crippen LogP contribution in [0.5, 0.6) is 0 Å². The average molecular weight is 403 g/mol. The van der Waals surface area contributed by atoms with Gasteiger partial charge in [-0.25, -0.2) is 4.90 Å². The Bertz CT molecular complexity index is 978. The number of anilines is 1. The molecule has 130 valence electrons. The fourth-order valence-corrected chi connectivity index (χ4v) is 3.99. The predicted octanol–water partition coefficient (Wildman–Crippen LogP) is 4.90. The summed E-state index contributed by atoms with van der Waals surface area (Å²) in [5.74, 6) is -0.211. The minimum atomic E-state index is -0.445. The molecule has 3 rings (SSSR count). The number of nitriles is 1. The summed E-state index contributed by atoms with van der Waals surface area (Å²) in [5.41, 5.74) is 1.60. The number of carbonyl (C=O) groups excluding carboxylic acids is 2. The van der Waals surface area contributed by atoms with Crippen molar-refractivity contribution >= 4 is 58.0 Å². The number of halogens is 2. The Balaban J connectivity index is 2.10. The Morgan fingerprint density at radius 1 is 1.08 bits per heavy atom. The summed E-state index contributed by atoms with van der Waals surface area (Å²) < 4.78 is 0. The van der Waals surface area contributed by atoms with Crippen molar-refractivity contribution in [2.75, 3.05) is 10.7 Å². The minimum Gasteiger partial charge on any atom is -0.268 e. The zero-order chi connectivity index (χ0) is 18.8. The van der Waals surface area contributed by atoms with Crippen LogP contribution in [0.4, 0.5) is 5.69 Å². The van der Waals surface area contributed by atoms with Crippen molar-refractivity contribution < 1.29 is 9.59 Å². The summed E-state index contributed by atoms with van der Waals surface area (Å²) in [6.45, 7) is 1.90. The van der Waals surface area contributed by atoms with Gasteiger partial charge < -0.3 is 0 Å². The van der Waals surface area contributed by atoms with Crippen LogP contribution in [0.2, 0.25) is 10.0 Å². The molecule has 1 aliphatic rings. The van der Waals surface area contributed by atoms with E-state index in [1.165, 1.54) is 11.8 Å². The van der Waals surface area contributed by atoms with E-state index in [1.807, 2.05) is 13.0 Å². The van der Waals surface area contributed by atoms with Gasteiger partial charge in [-0.2, -0.15) is 5.26 Å². The molecular weight excluding hydrogens is 391 g/mol. The molecule has 2 aromatic rings. The molecule has 7 heteroatoms. The Kier molecular flexibility index (Phi) is 5.38. The second kappa shape index (κ2) is 7.55. The quantitative estimate of drug-likeness (QED) is 0.682. The van der Waals surface area contributed by atoms with Crippen LogP contribution in [-0.2, 0) is 9.59 Å². The van der Waals surface area contributed by atoms with E-state index in [0.717, 1.165) is 4.90 Å². The number of thioether (sulfide) groups is 1. The molecule has 0 atom stereocenters. The van der Waals surface area contributed by atoms with Gasteiger partial charge in [0.25, 0.3) is 11.8 Å². The lowest BCUT2D eigenvalue weighted by atomic mass is 10.1. The molecule has 2 amide bonds. The van der Waals surface area contributed by atoms with Gasteiger partial charge >= 0.3 is 0 Å². The first kappa shape index (κ1) is 18.5. The average Bonchev–Trinajstić information content (AvgIpc) is 2.86. The third-order valence-electron chi connectivity index (χ3n) is 3.79. The van der Waals surface area contributed by atoms with Gasteiger partial charge in [-0.15, -0.1) is 11.8 Å². The monoisotopic (exact) mass is 402 g/mol. The molecule has 0 aliphatic carbocycles. The molecule has 4 nitrogen and oxygen atoms in total. The summed E-state index contributed by atoms with van der Waals surface area (Å²) in [6, 6.07) is 13.1. The summed E-state index contributed by atoms with van der Waals surface area (Å²) in [4.78, 5) is 27.4. The fraction of sp³-hybridized carbons (Fsp3) is 0.105. The van der Waals surface area contributed by atoms with Crippen molar-refractivity contribution in [3.05, 3.63) is 68.5 Å². The van der Waals surface area contributed by atoms with Crippen molar-refractivity contribution in [2.45, 2.75) is 6.92 Å². The molecule has 0 aromatic heterocycles. The molecule has 0 bridgehead atoms. The van der Waals surface area contributed by atoms with Gasteiger partial charge in [0.2, 0.25) is 0 Å². The highest BCUT2D eigenvalue weighted by molar-refractivity contribution is 8.04. The normalized spacial score (nSPS) is 14.2. The van der Waals surface area contributed by atoms with Gasteiger partial charge in [-0.1, -0.05) is 36.2 Å². The number of amides is 2. The topological polar surface area (TPSA) is 61.2 Å². The van der Waals surface area contributed by atoms with E-state index < -0.39 is 11.8 Å². The van der Waals surface area contributed by atoms with Crippen molar-refractivity contribution in [1.29, 1.82) is 5.26 Å². The van der Waals surface area contributed by atoms with Crippen molar-refractivity contribution in [2.24, 2.45) is 0 Å². The van der Waals surface area contributed by atoms with E-state index in [9.17, 15) is 9.59 Å². The lowest BCUT2D eigenvalue weighted by Crippen LogP contribution is -2.31. The van der Waals surface area contributed by atoms with E-state index in [2.05, 4.69) is 0 Å². The number of carbonyl (C=O) groups is 2. The van der Waals surface area contributed by atoms with E-state index in [4.69, 9.17) is 28.5 Å². The molecule has 0 fully saturated rings. The molecule has 0 spiro atoms. The minimum absolute atomic E-state index is 0.271. The van der Waals surface area contributed by atoms with E-state index in [1.54, 1.807) is 42.5 Å². The van der Waals surface area contributed by atoms with Crippen molar-refractivity contribution in [3.8, 4) is 6.07 Å². The number of nitrogens with zero attached hydrogens (tertiary/aromatic N) is 2. The Morgan fingerprint density at radius 2 is 1.77 bits per heavy atom. The molecule has 0 saturated heterocycles. The van der Waals surface area contributed by atoms with E-state index >= 15 is 0 Å².